The zero-order valence-electron chi connectivity index (χ0n) is 17.1. The number of hydrogen-bond donors (Lipinski definition) is 4. The van der Waals surface area contributed by atoms with Gasteiger partial charge < -0.3 is 15.4 Å². The van der Waals surface area contributed by atoms with Gasteiger partial charge in [0.15, 0.2) is 0 Å². The zero-order valence-corrected chi connectivity index (χ0v) is 17.1. The van der Waals surface area contributed by atoms with E-state index in [-0.39, 0.29) is 12.2 Å². The maximum absolute atomic E-state index is 12.8. The first-order chi connectivity index (χ1) is 13.6. The minimum absolute atomic E-state index is 0.193. The van der Waals surface area contributed by atoms with Crippen molar-refractivity contribution in [1.82, 2.24) is 16.0 Å². The molecule has 1 saturated heterocycles. The standard InChI is InChI=1S/C21H32N5O2/c1-13-11-18(22-3)26(27)21(24-13)25-17-12-16-7-10-28-20(16)19(14(17)2)15-5-4-8-23-9-6-15/h6,12-13,18,21-25H,4-5,7-11H2,1-3H3/q+1. The van der Waals surface area contributed by atoms with Gasteiger partial charge in [-0.2, -0.15) is 0 Å². The molecule has 0 spiro atoms. The fraction of sp³-hybridized carbons (Fsp3) is 0.619. The van der Waals surface area contributed by atoms with Gasteiger partial charge in [0, 0.05) is 47.1 Å². The molecular formula is C21H32N5O2+. The Bertz CT molecular complexity index is 791. The smallest absolute Gasteiger partial charge is 0.335 e. The molecule has 1 aromatic rings. The van der Waals surface area contributed by atoms with Gasteiger partial charge in [0.05, 0.1) is 11.4 Å². The van der Waals surface area contributed by atoms with Gasteiger partial charge in [-0.25, -0.2) is 5.32 Å². The summed E-state index contributed by atoms with van der Waals surface area (Å²) in [6.07, 6.45) is 5.50. The molecule has 4 rings (SSSR count). The van der Waals surface area contributed by atoms with Crippen molar-refractivity contribution in [3.05, 3.63) is 33.7 Å². The Morgan fingerprint density at radius 1 is 1.32 bits per heavy atom. The van der Waals surface area contributed by atoms with Gasteiger partial charge in [-0.3, -0.25) is 5.32 Å². The van der Waals surface area contributed by atoms with E-state index in [1.54, 1.807) is 0 Å². The second kappa shape index (κ2) is 8.19. The Morgan fingerprint density at radius 3 is 3.00 bits per heavy atom. The molecule has 0 amide bonds. The predicted molar refractivity (Wildman–Crippen MR) is 112 cm³/mol. The average Bonchev–Trinajstić information content (AvgIpc) is 2.97. The fourth-order valence-corrected chi connectivity index (χ4v) is 4.52. The maximum atomic E-state index is 12.8. The largest absolute Gasteiger partial charge is 0.492 e. The minimum atomic E-state index is -0.460. The summed E-state index contributed by atoms with van der Waals surface area (Å²) < 4.78 is 7.13. The highest BCUT2D eigenvalue weighted by atomic mass is 16.5. The van der Waals surface area contributed by atoms with Crippen LogP contribution >= 0.6 is 0 Å². The number of ether oxygens (including phenoxy) is 1. The van der Waals surface area contributed by atoms with Crippen LogP contribution in [-0.2, 0) is 6.42 Å². The van der Waals surface area contributed by atoms with Gasteiger partial charge >= 0.3 is 6.29 Å². The van der Waals surface area contributed by atoms with Crippen molar-refractivity contribution in [3.63, 3.8) is 0 Å². The van der Waals surface area contributed by atoms with E-state index in [1.807, 2.05) is 7.05 Å². The molecule has 1 aromatic carbocycles. The van der Waals surface area contributed by atoms with Gasteiger partial charge in [0.25, 0.3) is 6.17 Å². The first-order valence-corrected chi connectivity index (χ1v) is 10.4. The summed E-state index contributed by atoms with van der Waals surface area (Å²) in [5, 5.41) is 13.4. The lowest BCUT2D eigenvalue weighted by molar-refractivity contribution is -0.636. The molecular weight excluding hydrogens is 354 g/mol. The maximum Gasteiger partial charge on any atom is 0.335 e. The van der Waals surface area contributed by atoms with Crippen LogP contribution < -0.4 is 26.0 Å². The van der Waals surface area contributed by atoms with E-state index < -0.39 is 6.29 Å². The van der Waals surface area contributed by atoms with Gasteiger partial charge in [-0.15, -0.1) is 0 Å². The first kappa shape index (κ1) is 19.4. The number of rotatable bonds is 4. The number of hydrogen-bond acceptors (Lipinski definition) is 6. The molecule has 4 N–H and O–H groups in total. The number of nitrogens with zero attached hydrogens (tertiary/aromatic N) is 1. The SMILES string of the molecule is CNC1CC(C)NC(Nc2cc3c(c(C4=CCNCCC4)c2C)OCC3)[N+]1=O. The van der Waals surface area contributed by atoms with Gasteiger partial charge in [0.2, 0.25) is 0 Å². The van der Waals surface area contributed by atoms with Crippen molar-refractivity contribution < 1.29 is 9.50 Å². The van der Waals surface area contributed by atoms with E-state index in [1.165, 1.54) is 16.7 Å². The quantitative estimate of drug-likeness (QED) is 0.594. The van der Waals surface area contributed by atoms with E-state index in [9.17, 15) is 4.91 Å². The Morgan fingerprint density at radius 2 is 2.18 bits per heavy atom. The molecule has 3 atom stereocenters. The molecule has 0 saturated carbocycles. The second-order valence-corrected chi connectivity index (χ2v) is 8.06. The number of nitroso groups, excluding NO2 is 1. The molecule has 3 unspecified atom stereocenters. The van der Waals surface area contributed by atoms with Crippen molar-refractivity contribution in [2.24, 2.45) is 0 Å². The van der Waals surface area contributed by atoms with Crippen LogP contribution in [0.15, 0.2) is 12.1 Å². The van der Waals surface area contributed by atoms with Crippen LogP contribution in [-0.4, -0.2) is 50.0 Å². The number of allylic oxidation sites excluding steroid dienone is 1. The lowest BCUT2D eigenvalue weighted by Gasteiger charge is -2.28. The van der Waals surface area contributed by atoms with Gasteiger partial charge in [0.1, 0.15) is 5.75 Å². The van der Waals surface area contributed by atoms with Crippen LogP contribution in [0.2, 0.25) is 0 Å². The third kappa shape index (κ3) is 3.66. The molecule has 152 valence electrons. The summed E-state index contributed by atoms with van der Waals surface area (Å²) in [5.74, 6) is 1.04. The average molecular weight is 387 g/mol. The summed E-state index contributed by atoms with van der Waals surface area (Å²) >= 11 is 0. The van der Waals surface area contributed by atoms with Crippen LogP contribution in [0, 0.1) is 11.8 Å². The number of benzene rings is 1. The van der Waals surface area contributed by atoms with Crippen molar-refractivity contribution in [2.75, 3.05) is 32.1 Å². The Labute approximate surface area is 166 Å². The molecule has 3 aliphatic rings. The summed E-state index contributed by atoms with van der Waals surface area (Å²) in [4.78, 5) is 12.8. The molecule has 7 nitrogen and oxygen atoms in total. The molecule has 3 aliphatic heterocycles. The lowest BCUT2D eigenvalue weighted by atomic mass is 9.92. The van der Waals surface area contributed by atoms with E-state index in [4.69, 9.17) is 4.74 Å². The normalized spacial score (nSPS) is 27.6. The zero-order chi connectivity index (χ0) is 19.7. The van der Waals surface area contributed by atoms with Crippen molar-refractivity contribution in [2.45, 2.75) is 58.0 Å². The monoisotopic (exact) mass is 386 g/mol. The first-order valence-electron chi connectivity index (χ1n) is 10.4. The predicted octanol–water partition coefficient (Wildman–Crippen LogP) is 2.10. The fourth-order valence-electron chi connectivity index (χ4n) is 4.52. The Hall–Kier alpha value is -1.96. The third-order valence-electron chi connectivity index (χ3n) is 6.05. The minimum Gasteiger partial charge on any atom is -0.492 e. The molecule has 0 bridgehead atoms. The molecule has 28 heavy (non-hydrogen) atoms. The molecule has 3 heterocycles. The van der Waals surface area contributed by atoms with Crippen LogP contribution in [0.3, 0.4) is 0 Å². The molecule has 0 aromatic heterocycles. The third-order valence-corrected chi connectivity index (χ3v) is 6.05. The second-order valence-electron chi connectivity index (χ2n) is 8.06. The lowest BCUT2D eigenvalue weighted by Crippen LogP contribution is -2.60. The summed E-state index contributed by atoms with van der Waals surface area (Å²) in [6.45, 7) is 6.91. The van der Waals surface area contributed by atoms with Crippen LogP contribution in [0.4, 0.5) is 5.69 Å². The Balaban J connectivity index is 1.69. The van der Waals surface area contributed by atoms with Gasteiger partial charge in [-0.05, 0) is 57.5 Å². The number of anilines is 1. The van der Waals surface area contributed by atoms with E-state index in [0.29, 0.717) is 0 Å². The van der Waals surface area contributed by atoms with Crippen molar-refractivity contribution in [3.8, 4) is 5.75 Å². The summed E-state index contributed by atoms with van der Waals surface area (Å²) in [6, 6.07) is 2.42. The van der Waals surface area contributed by atoms with Crippen molar-refractivity contribution >= 4 is 11.3 Å². The number of fused-ring (bicyclic) bond motifs is 1. The summed E-state index contributed by atoms with van der Waals surface area (Å²) in [5.41, 5.74) is 5.96. The molecule has 0 aliphatic carbocycles. The van der Waals surface area contributed by atoms with Crippen LogP contribution in [0.25, 0.3) is 5.57 Å². The molecule has 0 radical (unpaired) electrons. The van der Waals surface area contributed by atoms with E-state index >= 15 is 0 Å². The number of nitrogens with one attached hydrogen (secondary N) is 4. The molecule has 1 fully saturated rings. The highest BCUT2D eigenvalue weighted by molar-refractivity contribution is 5.80. The topological polar surface area (TPSA) is 77.4 Å². The van der Waals surface area contributed by atoms with Crippen LogP contribution in [0.1, 0.15) is 42.9 Å². The van der Waals surface area contributed by atoms with E-state index in [0.717, 1.165) is 67.1 Å². The highest BCUT2D eigenvalue weighted by Crippen LogP contribution is 2.42. The Kier molecular flexibility index (Phi) is 5.66. The summed E-state index contributed by atoms with van der Waals surface area (Å²) in [7, 11) is 1.84. The van der Waals surface area contributed by atoms with E-state index in [2.05, 4.69) is 47.3 Å². The van der Waals surface area contributed by atoms with Gasteiger partial charge in [-0.1, -0.05) is 6.08 Å². The molecule has 7 heteroatoms. The van der Waals surface area contributed by atoms with Crippen LogP contribution in [0.5, 0.6) is 5.75 Å². The van der Waals surface area contributed by atoms with Crippen molar-refractivity contribution in [1.29, 1.82) is 0 Å². The highest BCUT2D eigenvalue weighted by Gasteiger charge is 2.40.